The van der Waals surface area contributed by atoms with E-state index in [-0.39, 0.29) is 24.6 Å². The molecule has 0 saturated heterocycles. The SMILES string of the molecule is Cc1cccc(CN2C(=O)C(CC(=O)Nc3cccc(C(F)(F)F)c3)n3c2nc2ccccc23)c1. The number of benzene rings is 3. The predicted molar refractivity (Wildman–Crippen MR) is 126 cm³/mol. The van der Waals surface area contributed by atoms with Crippen molar-refractivity contribution in [1.29, 1.82) is 0 Å². The van der Waals surface area contributed by atoms with Gasteiger partial charge in [-0.2, -0.15) is 13.2 Å². The van der Waals surface area contributed by atoms with Crippen LogP contribution in [0.25, 0.3) is 11.0 Å². The first kappa shape index (κ1) is 22.6. The highest BCUT2D eigenvalue weighted by molar-refractivity contribution is 6.05. The third-order valence-electron chi connectivity index (χ3n) is 5.96. The van der Waals surface area contributed by atoms with E-state index in [1.165, 1.54) is 12.1 Å². The van der Waals surface area contributed by atoms with Crippen molar-refractivity contribution in [3.05, 3.63) is 89.5 Å². The molecule has 9 heteroatoms. The van der Waals surface area contributed by atoms with Gasteiger partial charge in [-0.1, -0.05) is 48.0 Å². The normalized spacial score (nSPS) is 15.5. The Labute approximate surface area is 199 Å². The Kier molecular flexibility index (Phi) is 5.55. The summed E-state index contributed by atoms with van der Waals surface area (Å²) in [7, 11) is 0. The Balaban J connectivity index is 1.44. The van der Waals surface area contributed by atoms with Crippen molar-refractivity contribution in [3.8, 4) is 0 Å². The molecule has 35 heavy (non-hydrogen) atoms. The van der Waals surface area contributed by atoms with Crippen LogP contribution in [0.4, 0.5) is 24.8 Å². The molecule has 1 N–H and O–H groups in total. The molecule has 0 radical (unpaired) electrons. The van der Waals surface area contributed by atoms with E-state index in [1.807, 2.05) is 55.5 Å². The van der Waals surface area contributed by atoms with E-state index in [2.05, 4.69) is 10.3 Å². The summed E-state index contributed by atoms with van der Waals surface area (Å²) >= 11 is 0. The van der Waals surface area contributed by atoms with Crippen molar-refractivity contribution < 1.29 is 22.8 Å². The van der Waals surface area contributed by atoms with Gasteiger partial charge in [0, 0.05) is 5.69 Å². The van der Waals surface area contributed by atoms with Gasteiger partial charge in [0.2, 0.25) is 11.9 Å². The van der Waals surface area contributed by atoms with Crippen LogP contribution in [0.2, 0.25) is 0 Å². The number of halogens is 3. The number of carbonyl (C=O) groups is 2. The lowest BCUT2D eigenvalue weighted by molar-refractivity contribution is -0.137. The maximum atomic E-state index is 13.5. The van der Waals surface area contributed by atoms with Gasteiger partial charge in [0.25, 0.3) is 5.91 Å². The minimum absolute atomic E-state index is 0.0163. The quantitative estimate of drug-likeness (QED) is 0.413. The number of nitrogens with zero attached hydrogens (tertiary/aromatic N) is 3. The van der Waals surface area contributed by atoms with Gasteiger partial charge in [-0.05, 0) is 42.8 Å². The molecular formula is C26H21F3N4O2. The highest BCUT2D eigenvalue weighted by Gasteiger charge is 2.41. The Hall–Kier alpha value is -4.14. The average molecular weight is 478 g/mol. The smallest absolute Gasteiger partial charge is 0.326 e. The highest BCUT2D eigenvalue weighted by Crippen LogP contribution is 2.37. The van der Waals surface area contributed by atoms with Crippen molar-refractivity contribution in [2.24, 2.45) is 0 Å². The summed E-state index contributed by atoms with van der Waals surface area (Å²) in [4.78, 5) is 32.5. The molecule has 0 aliphatic carbocycles. The first-order valence-corrected chi connectivity index (χ1v) is 11.0. The van der Waals surface area contributed by atoms with Gasteiger partial charge in [-0.25, -0.2) is 4.98 Å². The van der Waals surface area contributed by atoms with Crippen LogP contribution >= 0.6 is 0 Å². The topological polar surface area (TPSA) is 67.2 Å². The van der Waals surface area contributed by atoms with Gasteiger partial charge in [0.05, 0.1) is 29.6 Å². The number of para-hydroxylation sites is 2. The fourth-order valence-corrected chi connectivity index (χ4v) is 4.40. The monoisotopic (exact) mass is 478 g/mol. The third-order valence-corrected chi connectivity index (χ3v) is 5.96. The van der Waals surface area contributed by atoms with Crippen LogP contribution in [-0.2, 0) is 22.3 Å². The van der Waals surface area contributed by atoms with Gasteiger partial charge >= 0.3 is 6.18 Å². The largest absolute Gasteiger partial charge is 0.416 e. The number of carbonyl (C=O) groups excluding carboxylic acids is 2. The maximum absolute atomic E-state index is 13.5. The number of rotatable bonds is 5. The predicted octanol–water partition coefficient (Wildman–Crippen LogP) is 5.48. The molecule has 0 spiro atoms. The lowest BCUT2D eigenvalue weighted by Crippen LogP contribution is -2.31. The number of imidazole rings is 1. The van der Waals surface area contributed by atoms with Crippen LogP contribution in [0, 0.1) is 6.92 Å². The van der Waals surface area contributed by atoms with E-state index in [4.69, 9.17) is 0 Å². The third kappa shape index (κ3) is 4.37. The van der Waals surface area contributed by atoms with E-state index >= 15 is 0 Å². The number of hydrogen-bond acceptors (Lipinski definition) is 3. The Morgan fingerprint density at radius 2 is 1.80 bits per heavy atom. The fourth-order valence-electron chi connectivity index (χ4n) is 4.40. The molecule has 3 aromatic carbocycles. The Morgan fingerprint density at radius 1 is 1.03 bits per heavy atom. The van der Waals surface area contributed by atoms with Crippen LogP contribution in [0.15, 0.2) is 72.8 Å². The molecule has 6 nitrogen and oxygen atoms in total. The molecule has 1 aromatic heterocycles. The molecule has 1 aliphatic heterocycles. The number of alkyl halides is 3. The number of amides is 2. The standard InChI is InChI=1S/C26H21F3N4O2/c1-16-6-4-7-17(12-16)15-32-24(35)22(33-21-11-3-2-10-20(21)31-25(32)33)14-23(34)30-19-9-5-8-18(13-19)26(27,28)29/h2-13,22H,14-15H2,1H3,(H,30,34). The van der Waals surface area contributed by atoms with Crippen LogP contribution in [0.3, 0.4) is 0 Å². The molecule has 0 saturated carbocycles. The molecule has 1 aliphatic rings. The summed E-state index contributed by atoms with van der Waals surface area (Å²) in [6.07, 6.45) is -4.77. The lowest BCUT2D eigenvalue weighted by atomic mass is 10.1. The van der Waals surface area contributed by atoms with E-state index in [1.54, 1.807) is 9.47 Å². The van der Waals surface area contributed by atoms with E-state index < -0.39 is 23.7 Å². The fraction of sp³-hybridized carbons (Fsp3) is 0.192. The molecule has 178 valence electrons. The first-order chi connectivity index (χ1) is 16.7. The molecule has 5 rings (SSSR count). The molecule has 4 aromatic rings. The molecule has 0 fully saturated rings. The minimum atomic E-state index is -4.52. The summed E-state index contributed by atoms with van der Waals surface area (Å²) in [5.41, 5.74) is 2.53. The zero-order valence-corrected chi connectivity index (χ0v) is 18.7. The maximum Gasteiger partial charge on any atom is 0.416 e. The Bertz CT molecular complexity index is 1440. The second kappa shape index (κ2) is 8.57. The Morgan fingerprint density at radius 3 is 2.57 bits per heavy atom. The van der Waals surface area contributed by atoms with Crippen LogP contribution in [0.5, 0.6) is 0 Å². The molecule has 1 atom stereocenters. The summed E-state index contributed by atoms with van der Waals surface area (Å²) in [6, 6.07) is 18.6. The van der Waals surface area contributed by atoms with Crippen LogP contribution in [-0.4, -0.2) is 21.4 Å². The van der Waals surface area contributed by atoms with Crippen molar-refractivity contribution in [1.82, 2.24) is 9.55 Å². The summed E-state index contributed by atoms with van der Waals surface area (Å²) in [5, 5.41) is 2.50. The van der Waals surface area contributed by atoms with Crippen molar-refractivity contribution in [3.63, 3.8) is 0 Å². The molecule has 1 unspecified atom stereocenters. The average Bonchev–Trinajstić information content (AvgIpc) is 3.29. The van der Waals surface area contributed by atoms with E-state index in [0.717, 1.165) is 23.3 Å². The number of fused-ring (bicyclic) bond motifs is 3. The summed E-state index contributed by atoms with van der Waals surface area (Å²) in [5.74, 6) is -0.419. The first-order valence-electron chi connectivity index (χ1n) is 11.0. The number of aromatic nitrogens is 2. The molecular weight excluding hydrogens is 457 g/mol. The number of aryl methyl sites for hydroxylation is 1. The number of nitrogens with one attached hydrogen (secondary N) is 1. The van der Waals surface area contributed by atoms with Gasteiger partial charge in [-0.3, -0.25) is 19.1 Å². The van der Waals surface area contributed by atoms with Crippen LogP contribution < -0.4 is 10.2 Å². The molecule has 2 amide bonds. The molecule has 0 bridgehead atoms. The zero-order chi connectivity index (χ0) is 24.7. The zero-order valence-electron chi connectivity index (χ0n) is 18.7. The van der Waals surface area contributed by atoms with Gasteiger partial charge in [0.1, 0.15) is 6.04 Å². The van der Waals surface area contributed by atoms with E-state index in [0.29, 0.717) is 17.0 Å². The van der Waals surface area contributed by atoms with Gasteiger partial charge < -0.3 is 5.32 Å². The van der Waals surface area contributed by atoms with E-state index in [9.17, 15) is 22.8 Å². The molecule has 2 heterocycles. The minimum Gasteiger partial charge on any atom is -0.326 e. The van der Waals surface area contributed by atoms with Gasteiger partial charge in [-0.15, -0.1) is 0 Å². The second-order valence-corrected chi connectivity index (χ2v) is 8.53. The van der Waals surface area contributed by atoms with Crippen molar-refractivity contribution >= 4 is 34.5 Å². The summed E-state index contributed by atoms with van der Waals surface area (Å²) in [6.45, 7) is 2.25. The number of anilines is 2. The van der Waals surface area contributed by atoms with Gasteiger partial charge in [0.15, 0.2) is 0 Å². The highest BCUT2D eigenvalue weighted by atomic mass is 19.4. The van der Waals surface area contributed by atoms with Crippen molar-refractivity contribution in [2.45, 2.75) is 32.1 Å². The second-order valence-electron chi connectivity index (χ2n) is 8.53. The van der Waals surface area contributed by atoms with Crippen molar-refractivity contribution in [2.75, 3.05) is 10.2 Å². The lowest BCUT2D eigenvalue weighted by Gasteiger charge is -2.16. The number of hydrogen-bond donors (Lipinski definition) is 1. The van der Waals surface area contributed by atoms with Crippen LogP contribution in [0.1, 0.15) is 29.2 Å². The summed E-state index contributed by atoms with van der Waals surface area (Å²) < 4.78 is 40.8.